The molecule has 1 fully saturated rings. The van der Waals surface area contributed by atoms with E-state index >= 15 is 0 Å². The third kappa shape index (κ3) is 5.19. The summed E-state index contributed by atoms with van der Waals surface area (Å²) in [6, 6.07) is 17.8. The number of para-hydroxylation sites is 2. The van der Waals surface area contributed by atoms with E-state index in [1.165, 1.54) is 0 Å². The van der Waals surface area contributed by atoms with Crippen molar-refractivity contribution >= 4 is 15.3 Å². The summed E-state index contributed by atoms with van der Waals surface area (Å²) in [5, 5.41) is 0. The van der Waals surface area contributed by atoms with Crippen molar-refractivity contribution in [1.29, 1.82) is 0 Å². The van der Waals surface area contributed by atoms with Crippen molar-refractivity contribution < 1.29 is 18.1 Å². The number of rotatable bonds is 8. The van der Waals surface area contributed by atoms with E-state index in [-0.39, 0.29) is 6.10 Å². The summed E-state index contributed by atoms with van der Waals surface area (Å²) in [6.07, 6.45) is 1.41. The van der Waals surface area contributed by atoms with Crippen molar-refractivity contribution in [2.75, 3.05) is 27.2 Å². The van der Waals surface area contributed by atoms with Crippen LogP contribution >= 0.6 is 15.3 Å². The van der Waals surface area contributed by atoms with Crippen LogP contribution in [0.2, 0.25) is 0 Å². The first-order chi connectivity index (χ1) is 13.9. The van der Waals surface area contributed by atoms with Crippen molar-refractivity contribution in [3.8, 4) is 11.5 Å². The van der Waals surface area contributed by atoms with Gasteiger partial charge >= 0.3 is 7.75 Å². The maximum atomic E-state index is 13.9. The number of likely N-dealkylation sites (N-methyl/N-ethyl adjacent to an activating group) is 2. The minimum Gasteiger partial charge on any atom is -0.399 e. The van der Waals surface area contributed by atoms with E-state index in [9.17, 15) is 4.57 Å². The molecule has 0 aromatic heterocycles. The lowest BCUT2D eigenvalue weighted by atomic mass is 10.3. The molecule has 1 aliphatic heterocycles. The number of benzene rings is 2. The monoisotopic (exact) mass is 435 g/mol. The van der Waals surface area contributed by atoms with Gasteiger partial charge in [0.1, 0.15) is 11.5 Å². The van der Waals surface area contributed by atoms with Crippen molar-refractivity contribution in [3.63, 3.8) is 0 Å². The summed E-state index contributed by atoms with van der Waals surface area (Å²) in [5.74, 6) is 0.824. The average Bonchev–Trinajstić information content (AvgIpc) is 2.97. The van der Waals surface area contributed by atoms with E-state index < -0.39 is 15.3 Å². The average molecular weight is 435 g/mol. The number of nitrogens with zero attached hydrogens (tertiary/aromatic N) is 3. The van der Waals surface area contributed by atoms with Crippen LogP contribution in [0.3, 0.4) is 0 Å². The SMILES string of the molecule is C=CC(C)OP1(=NP(=O)(Oc2ccccc2)Oc2ccccc2)N(C)CCN1C. The van der Waals surface area contributed by atoms with Crippen LogP contribution < -0.4 is 9.05 Å². The normalized spacial score (nSPS) is 18.2. The highest BCUT2D eigenvalue weighted by molar-refractivity contribution is 7.67. The molecule has 1 unspecified atom stereocenters. The van der Waals surface area contributed by atoms with Crippen molar-refractivity contribution in [1.82, 2.24) is 9.34 Å². The molecule has 0 aliphatic carbocycles. The molecule has 9 heteroatoms. The third-order valence-electron chi connectivity index (χ3n) is 4.43. The lowest BCUT2D eigenvalue weighted by Crippen LogP contribution is -2.19. The summed E-state index contributed by atoms with van der Waals surface area (Å²) >= 11 is 0. The highest BCUT2D eigenvalue weighted by atomic mass is 31.2. The summed E-state index contributed by atoms with van der Waals surface area (Å²) < 4.78 is 40.6. The van der Waals surface area contributed by atoms with Gasteiger partial charge in [0.05, 0.1) is 6.10 Å². The molecule has 0 amide bonds. The smallest absolute Gasteiger partial charge is 0.399 e. The fourth-order valence-electron chi connectivity index (χ4n) is 2.82. The van der Waals surface area contributed by atoms with Crippen LogP contribution in [0.1, 0.15) is 6.92 Å². The molecule has 0 saturated carbocycles. The van der Waals surface area contributed by atoms with E-state index in [1.54, 1.807) is 54.6 Å². The lowest BCUT2D eigenvalue weighted by molar-refractivity contribution is 0.258. The molecule has 1 saturated heterocycles. The summed E-state index contributed by atoms with van der Waals surface area (Å²) in [4.78, 5) is 0. The van der Waals surface area contributed by atoms with E-state index in [0.717, 1.165) is 13.1 Å². The zero-order chi connectivity index (χ0) is 20.9. The van der Waals surface area contributed by atoms with Crippen molar-refractivity contribution in [2.24, 2.45) is 4.52 Å². The molecule has 0 spiro atoms. The van der Waals surface area contributed by atoms with Crippen LogP contribution in [0, 0.1) is 0 Å². The van der Waals surface area contributed by atoms with Crippen LogP contribution in [0.4, 0.5) is 0 Å². The predicted molar refractivity (Wildman–Crippen MR) is 117 cm³/mol. The van der Waals surface area contributed by atoms with Crippen molar-refractivity contribution in [3.05, 3.63) is 73.3 Å². The number of hydrogen-bond donors (Lipinski definition) is 0. The number of hydrogen-bond acceptors (Lipinski definition) is 4. The maximum absolute atomic E-state index is 13.9. The molecule has 1 atom stereocenters. The second-order valence-corrected chi connectivity index (χ2v) is 11.3. The molecule has 7 nitrogen and oxygen atoms in total. The Morgan fingerprint density at radius 3 is 1.86 bits per heavy atom. The van der Waals surface area contributed by atoms with Crippen LogP contribution in [0.15, 0.2) is 77.8 Å². The van der Waals surface area contributed by atoms with Crippen LogP contribution in [-0.4, -0.2) is 42.6 Å². The molecular weight excluding hydrogens is 408 g/mol. The molecule has 2 aromatic rings. The Labute approximate surface area is 172 Å². The Bertz CT molecular complexity index is 864. The molecule has 0 radical (unpaired) electrons. The van der Waals surface area contributed by atoms with E-state index in [1.807, 2.05) is 42.5 Å². The van der Waals surface area contributed by atoms with Gasteiger partial charge < -0.3 is 13.6 Å². The second-order valence-electron chi connectivity index (χ2n) is 6.69. The summed E-state index contributed by atoms with van der Waals surface area (Å²) in [5.41, 5.74) is 0. The van der Waals surface area contributed by atoms with Gasteiger partial charge in [0.15, 0.2) is 0 Å². The standard InChI is InChI=1S/C20H27N3O4P2/c1-5-18(2)25-28(22(3)16-17-23(28)4)21-29(24,26-19-12-8-6-9-13-19)27-20-14-10-7-11-15-20/h5-15,18H,1,16-17H2,2-4H3. The molecule has 2 aromatic carbocycles. The molecule has 0 N–H and O–H groups in total. The fourth-order valence-corrected chi connectivity index (χ4v) is 8.41. The lowest BCUT2D eigenvalue weighted by Gasteiger charge is -2.33. The topological polar surface area (TPSA) is 63.6 Å². The van der Waals surface area contributed by atoms with Gasteiger partial charge in [-0.3, -0.25) is 0 Å². The van der Waals surface area contributed by atoms with Gasteiger partial charge in [0.25, 0.3) is 0 Å². The van der Waals surface area contributed by atoms with Gasteiger partial charge in [0.2, 0.25) is 7.58 Å². The minimum atomic E-state index is -3.99. The van der Waals surface area contributed by atoms with E-state index in [0.29, 0.717) is 11.5 Å². The van der Waals surface area contributed by atoms with E-state index in [2.05, 4.69) is 11.1 Å². The molecule has 156 valence electrons. The first-order valence-corrected chi connectivity index (χ1v) is 12.4. The zero-order valence-corrected chi connectivity index (χ0v) is 18.7. The zero-order valence-electron chi connectivity index (χ0n) is 16.9. The first kappa shape index (κ1) is 21.8. The summed E-state index contributed by atoms with van der Waals surface area (Å²) in [6.45, 7) is 7.14. The van der Waals surface area contributed by atoms with Crippen LogP contribution in [-0.2, 0) is 9.09 Å². The van der Waals surface area contributed by atoms with Gasteiger partial charge in [-0.05, 0) is 45.3 Å². The molecular formula is C20H27N3O4P2. The minimum absolute atomic E-state index is 0.281. The second kappa shape index (κ2) is 9.29. The molecule has 1 aliphatic rings. The molecule has 29 heavy (non-hydrogen) atoms. The van der Waals surface area contributed by atoms with Crippen LogP contribution in [0.5, 0.6) is 11.5 Å². The third-order valence-corrected chi connectivity index (χ3v) is 9.92. The van der Waals surface area contributed by atoms with Gasteiger partial charge in [-0.2, -0.15) is 0 Å². The Hall–Kier alpha value is -1.88. The Morgan fingerprint density at radius 2 is 1.45 bits per heavy atom. The molecule has 3 rings (SSSR count). The van der Waals surface area contributed by atoms with E-state index in [4.69, 9.17) is 13.6 Å². The molecule has 0 bridgehead atoms. The van der Waals surface area contributed by atoms with Gasteiger partial charge in [-0.1, -0.05) is 42.5 Å². The van der Waals surface area contributed by atoms with Gasteiger partial charge in [-0.15, -0.1) is 11.1 Å². The first-order valence-electron chi connectivity index (χ1n) is 9.34. The summed E-state index contributed by atoms with van der Waals surface area (Å²) in [7, 11) is -2.96. The Kier molecular flexibility index (Phi) is 6.99. The van der Waals surface area contributed by atoms with Gasteiger partial charge in [-0.25, -0.2) is 13.9 Å². The van der Waals surface area contributed by atoms with Crippen LogP contribution in [0.25, 0.3) is 0 Å². The quantitative estimate of drug-likeness (QED) is 0.393. The Balaban J connectivity index is 2.09. The maximum Gasteiger partial charge on any atom is 0.566 e. The fraction of sp³-hybridized carbons (Fsp3) is 0.300. The largest absolute Gasteiger partial charge is 0.566 e. The highest BCUT2D eigenvalue weighted by Gasteiger charge is 2.44. The molecule has 1 heterocycles. The van der Waals surface area contributed by atoms with Crippen molar-refractivity contribution in [2.45, 2.75) is 13.0 Å². The predicted octanol–water partition coefficient (Wildman–Crippen LogP) is 5.67. The Morgan fingerprint density at radius 1 is 1.00 bits per heavy atom. The highest BCUT2D eigenvalue weighted by Crippen LogP contribution is 2.68. The van der Waals surface area contributed by atoms with Gasteiger partial charge in [0, 0.05) is 13.1 Å².